The van der Waals surface area contributed by atoms with Crippen LogP contribution in [0.5, 0.6) is 0 Å². The van der Waals surface area contributed by atoms with Crippen LogP contribution in [0, 0.1) is 17.3 Å². The number of hydrogen-bond donors (Lipinski definition) is 0. The molecule has 2 rings (SSSR count). The Kier molecular flexibility index (Phi) is 2.79. The molecule has 0 radical (unpaired) electrons. The second-order valence-electron chi connectivity index (χ2n) is 6.26. The van der Waals surface area contributed by atoms with Crippen molar-refractivity contribution in [3.05, 3.63) is 23.8 Å². The van der Waals surface area contributed by atoms with Gasteiger partial charge in [-0.3, -0.25) is 0 Å². The molecule has 2 atom stereocenters. The molecular weight excluding hydrogens is 180 g/mol. The van der Waals surface area contributed by atoms with E-state index in [1.165, 1.54) is 37.7 Å². The second kappa shape index (κ2) is 3.81. The molecular formula is C15H24. The summed E-state index contributed by atoms with van der Waals surface area (Å²) in [5.74, 6) is 1.65. The highest BCUT2D eigenvalue weighted by Crippen LogP contribution is 2.45. The first-order valence-electron chi connectivity index (χ1n) is 6.37. The normalized spacial score (nSPS) is 38.9. The largest absolute Gasteiger partial charge is 0.0998 e. The lowest BCUT2D eigenvalue weighted by molar-refractivity contribution is 0.409. The minimum atomic E-state index is 0.384. The molecule has 0 heterocycles. The molecule has 0 aliphatic heterocycles. The van der Waals surface area contributed by atoms with Gasteiger partial charge >= 0.3 is 0 Å². The molecule has 0 aromatic carbocycles. The van der Waals surface area contributed by atoms with Crippen molar-refractivity contribution in [1.29, 1.82) is 0 Å². The fourth-order valence-corrected chi connectivity index (χ4v) is 3.14. The lowest BCUT2D eigenvalue weighted by Crippen LogP contribution is -2.15. The summed E-state index contributed by atoms with van der Waals surface area (Å²) in [6.45, 7) is 11.4. The quantitative estimate of drug-likeness (QED) is 0.501. The van der Waals surface area contributed by atoms with Crippen LogP contribution in [0.15, 0.2) is 23.8 Å². The predicted molar refractivity (Wildman–Crippen MR) is 66.7 cm³/mol. The van der Waals surface area contributed by atoms with Crippen molar-refractivity contribution in [3.63, 3.8) is 0 Å². The van der Waals surface area contributed by atoms with E-state index >= 15 is 0 Å². The molecule has 0 aromatic heterocycles. The lowest BCUT2D eigenvalue weighted by Gasteiger charge is -2.29. The predicted octanol–water partition coefficient (Wildman–Crippen LogP) is 4.73. The van der Waals surface area contributed by atoms with E-state index in [2.05, 4.69) is 33.4 Å². The van der Waals surface area contributed by atoms with Gasteiger partial charge in [-0.25, -0.2) is 0 Å². The smallest absolute Gasteiger partial charge is 0.0163 e. The summed E-state index contributed by atoms with van der Waals surface area (Å²) < 4.78 is 0. The van der Waals surface area contributed by atoms with Crippen molar-refractivity contribution < 1.29 is 0 Å². The number of allylic oxidation sites excluding steroid dienone is 3. The molecule has 0 aromatic rings. The zero-order valence-corrected chi connectivity index (χ0v) is 10.5. The Labute approximate surface area is 94.5 Å². The standard InChI is InChI=1S/C15H24/c1-11-7-8-15(3,4)10-14-12(2)5-6-13(14)9-11/h10,12-13H,1,5-9H2,2-4H3/b14-10-/t12-,13+/m0/s1. The number of fused-ring (bicyclic) bond motifs is 1. The zero-order chi connectivity index (χ0) is 11.1. The molecule has 0 unspecified atom stereocenters. The molecule has 1 fully saturated rings. The third kappa shape index (κ3) is 2.35. The molecule has 0 bridgehead atoms. The average molecular weight is 204 g/mol. The van der Waals surface area contributed by atoms with Crippen LogP contribution in [0.3, 0.4) is 0 Å². The maximum atomic E-state index is 4.24. The topological polar surface area (TPSA) is 0 Å². The first kappa shape index (κ1) is 11.0. The van der Waals surface area contributed by atoms with Crippen molar-refractivity contribution >= 4 is 0 Å². The van der Waals surface area contributed by atoms with Crippen molar-refractivity contribution in [2.24, 2.45) is 17.3 Å². The Morgan fingerprint density at radius 1 is 1.33 bits per heavy atom. The molecule has 0 amide bonds. The molecule has 2 aliphatic carbocycles. The van der Waals surface area contributed by atoms with E-state index in [0.717, 1.165) is 11.8 Å². The fraction of sp³-hybridized carbons (Fsp3) is 0.733. The van der Waals surface area contributed by atoms with Crippen LogP contribution in [0.1, 0.15) is 52.9 Å². The van der Waals surface area contributed by atoms with Gasteiger partial charge in [-0.1, -0.05) is 44.6 Å². The monoisotopic (exact) mass is 204 g/mol. The fourth-order valence-electron chi connectivity index (χ4n) is 3.14. The van der Waals surface area contributed by atoms with E-state index in [0.29, 0.717) is 5.41 Å². The average Bonchev–Trinajstić information content (AvgIpc) is 2.44. The molecule has 1 saturated carbocycles. The SMILES string of the molecule is C=C1CCC(C)(C)/C=C2\[C@H](CC[C@@H]2C)C1. The summed E-state index contributed by atoms with van der Waals surface area (Å²) in [5.41, 5.74) is 3.60. The molecule has 0 N–H and O–H groups in total. The first-order chi connectivity index (χ1) is 6.98. The maximum absolute atomic E-state index is 4.24. The van der Waals surface area contributed by atoms with Gasteiger partial charge in [-0.05, 0) is 49.4 Å². The van der Waals surface area contributed by atoms with E-state index in [9.17, 15) is 0 Å². The van der Waals surface area contributed by atoms with Crippen molar-refractivity contribution in [2.45, 2.75) is 52.9 Å². The molecule has 0 nitrogen and oxygen atoms in total. The summed E-state index contributed by atoms with van der Waals surface area (Å²) in [5, 5.41) is 0. The van der Waals surface area contributed by atoms with Crippen LogP contribution in [-0.4, -0.2) is 0 Å². The molecule has 84 valence electrons. The molecule has 0 saturated heterocycles. The summed E-state index contributed by atoms with van der Waals surface area (Å²) >= 11 is 0. The van der Waals surface area contributed by atoms with Gasteiger partial charge < -0.3 is 0 Å². The van der Waals surface area contributed by atoms with E-state index in [1.807, 2.05) is 0 Å². The summed E-state index contributed by atoms with van der Waals surface area (Å²) in [6, 6.07) is 0. The summed E-state index contributed by atoms with van der Waals surface area (Å²) in [6.07, 6.45) is 9.12. The highest BCUT2D eigenvalue weighted by atomic mass is 14.4. The Hall–Kier alpha value is -0.520. The van der Waals surface area contributed by atoms with Crippen molar-refractivity contribution in [1.82, 2.24) is 0 Å². The zero-order valence-electron chi connectivity index (χ0n) is 10.5. The van der Waals surface area contributed by atoms with E-state index in [-0.39, 0.29) is 0 Å². The number of rotatable bonds is 0. The van der Waals surface area contributed by atoms with Gasteiger partial charge in [0.05, 0.1) is 0 Å². The molecule has 15 heavy (non-hydrogen) atoms. The highest BCUT2D eigenvalue weighted by molar-refractivity contribution is 5.22. The van der Waals surface area contributed by atoms with Crippen LogP contribution in [0.4, 0.5) is 0 Å². The van der Waals surface area contributed by atoms with Crippen molar-refractivity contribution in [3.8, 4) is 0 Å². The maximum Gasteiger partial charge on any atom is -0.0163 e. The molecule has 0 spiro atoms. The third-order valence-corrected chi connectivity index (χ3v) is 4.20. The minimum absolute atomic E-state index is 0.384. The Bertz CT molecular complexity index is 293. The van der Waals surface area contributed by atoms with E-state index < -0.39 is 0 Å². The van der Waals surface area contributed by atoms with Gasteiger partial charge in [0.15, 0.2) is 0 Å². The second-order valence-corrected chi connectivity index (χ2v) is 6.26. The van der Waals surface area contributed by atoms with Gasteiger partial charge in [-0.2, -0.15) is 0 Å². The third-order valence-electron chi connectivity index (χ3n) is 4.20. The first-order valence-corrected chi connectivity index (χ1v) is 6.37. The van der Waals surface area contributed by atoms with Gasteiger partial charge in [-0.15, -0.1) is 0 Å². The van der Waals surface area contributed by atoms with E-state index in [1.54, 1.807) is 5.57 Å². The van der Waals surface area contributed by atoms with Crippen LogP contribution >= 0.6 is 0 Å². The van der Waals surface area contributed by atoms with Gasteiger partial charge in [0.1, 0.15) is 0 Å². The van der Waals surface area contributed by atoms with Gasteiger partial charge in [0.25, 0.3) is 0 Å². The summed E-state index contributed by atoms with van der Waals surface area (Å²) in [7, 11) is 0. The van der Waals surface area contributed by atoms with Gasteiger partial charge in [0, 0.05) is 0 Å². The lowest BCUT2D eigenvalue weighted by atomic mass is 9.77. The van der Waals surface area contributed by atoms with Crippen LogP contribution in [0.25, 0.3) is 0 Å². The van der Waals surface area contributed by atoms with Crippen molar-refractivity contribution in [2.75, 3.05) is 0 Å². The Morgan fingerprint density at radius 3 is 2.80 bits per heavy atom. The van der Waals surface area contributed by atoms with Crippen LogP contribution < -0.4 is 0 Å². The van der Waals surface area contributed by atoms with E-state index in [4.69, 9.17) is 0 Å². The van der Waals surface area contributed by atoms with Gasteiger partial charge in [0.2, 0.25) is 0 Å². The molecule has 2 aliphatic rings. The number of hydrogen-bond acceptors (Lipinski definition) is 0. The highest BCUT2D eigenvalue weighted by Gasteiger charge is 2.31. The Morgan fingerprint density at radius 2 is 2.07 bits per heavy atom. The minimum Gasteiger partial charge on any atom is -0.0998 e. The summed E-state index contributed by atoms with van der Waals surface area (Å²) in [4.78, 5) is 0. The Balaban J connectivity index is 2.31. The molecule has 0 heteroatoms. The van der Waals surface area contributed by atoms with Crippen LogP contribution in [0.2, 0.25) is 0 Å². The van der Waals surface area contributed by atoms with Crippen LogP contribution in [-0.2, 0) is 0 Å².